The van der Waals surface area contributed by atoms with Gasteiger partial charge in [-0.3, -0.25) is 9.59 Å². The summed E-state index contributed by atoms with van der Waals surface area (Å²) in [4.78, 5) is 29.4. The second-order valence-corrected chi connectivity index (χ2v) is 8.31. The molecule has 2 heterocycles. The fourth-order valence-electron chi connectivity index (χ4n) is 4.56. The number of aromatic hydroxyl groups is 1. The third-order valence-corrected chi connectivity index (χ3v) is 6.21. The predicted molar refractivity (Wildman–Crippen MR) is 131 cm³/mol. The van der Waals surface area contributed by atoms with Crippen LogP contribution in [-0.4, -0.2) is 43.6 Å². The van der Waals surface area contributed by atoms with Crippen molar-refractivity contribution in [2.24, 2.45) is 0 Å². The molecule has 0 saturated heterocycles. The van der Waals surface area contributed by atoms with Crippen LogP contribution in [0.15, 0.2) is 66.7 Å². The molecule has 0 atom stereocenters. The van der Waals surface area contributed by atoms with E-state index in [2.05, 4.69) is 10.2 Å². The van der Waals surface area contributed by atoms with Crippen molar-refractivity contribution in [2.45, 2.75) is 6.42 Å². The molecule has 9 nitrogen and oxygen atoms in total. The zero-order valence-corrected chi connectivity index (χ0v) is 18.3. The lowest BCUT2D eigenvalue weighted by Crippen LogP contribution is -2.40. The quantitative estimate of drug-likeness (QED) is 0.274. The van der Waals surface area contributed by atoms with Gasteiger partial charge in [-0.25, -0.2) is 4.90 Å². The summed E-state index contributed by atoms with van der Waals surface area (Å²) in [6, 6.07) is 18.7. The average Bonchev–Trinajstić information content (AvgIpc) is 3.29. The van der Waals surface area contributed by atoms with Crippen LogP contribution in [0.2, 0.25) is 0 Å². The van der Waals surface area contributed by atoms with Crippen LogP contribution in [0.5, 0.6) is 5.75 Å². The van der Waals surface area contributed by atoms with E-state index in [1.54, 1.807) is 48.5 Å². The van der Waals surface area contributed by atoms with Crippen LogP contribution in [0.3, 0.4) is 0 Å². The van der Waals surface area contributed by atoms with Gasteiger partial charge < -0.3 is 15.9 Å². The van der Waals surface area contributed by atoms with Gasteiger partial charge in [0.05, 0.1) is 5.69 Å². The molecule has 1 aliphatic rings. The maximum Gasteiger partial charge on any atom is 0.266 e. The van der Waals surface area contributed by atoms with Crippen molar-refractivity contribution in [1.82, 2.24) is 15.0 Å². The predicted octanol–water partition coefficient (Wildman–Crippen LogP) is 3.20. The van der Waals surface area contributed by atoms with Gasteiger partial charge in [-0.2, -0.15) is 0 Å². The van der Waals surface area contributed by atoms with Gasteiger partial charge in [-0.15, -0.1) is 15.0 Å². The number of nitrogens with two attached hydrogens (primary N) is 1. The summed E-state index contributed by atoms with van der Waals surface area (Å²) in [5.41, 5.74) is 9.16. The standard InChI is InChI=1S/C26H19N5O4/c27-18-9-8-17-23-15(18)4-3-5-16(23)25(34)30(26(17)35)21-12-14(10-11-32)13-22(24(21)33)31-28-19-6-1-2-7-20(19)29-31/h1-9,12-13,32-33H,10-11,27H2. The number of nitrogen functional groups attached to an aromatic ring is 1. The van der Waals surface area contributed by atoms with Gasteiger partial charge in [0.25, 0.3) is 11.8 Å². The maximum absolute atomic E-state index is 13.6. The van der Waals surface area contributed by atoms with Gasteiger partial charge in [-0.05, 0) is 54.4 Å². The highest BCUT2D eigenvalue weighted by Gasteiger charge is 2.36. The first-order valence-electron chi connectivity index (χ1n) is 11.0. The zero-order chi connectivity index (χ0) is 24.3. The minimum Gasteiger partial charge on any atom is -0.504 e. The topological polar surface area (TPSA) is 135 Å². The largest absolute Gasteiger partial charge is 0.504 e. The van der Waals surface area contributed by atoms with Crippen molar-refractivity contribution in [3.63, 3.8) is 0 Å². The highest BCUT2D eigenvalue weighted by Crippen LogP contribution is 2.41. The summed E-state index contributed by atoms with van der Waals surface area (Å²) in [5, 5.41) is 30.8. The van der Waals surface area contributed by atoms with Crippen molar-refractivity contribution in [1.29, 1.82) is 0 Å². The minimum atomic E-state index is -0.584. The number of amides is 2. The molecule has 0 aliphatic carbocycles. The van der Waals surface area contributed by atoms with Crippen molar-refractivity contribution < 1.29 is 19.8 Å². The van der Waals surface area contributed by atoms with Gasteiger partial charge in [0.15, 0.2) is 5.75 Å². The fourth-order valence-corrected chi connectivity index (χ4v) is 4.56. The van der Waals surface area contributed by atoms with Crippen LogP contribution in [-0.2, 0) is 6.42 Å². The Hall–Kier alpha value is -4.76. The van der Waals surface area contributed by atoms with Crippen LogP contribution < -0.4 is 10.6 Å². The molecule has 4 aromatic carbocycles. The lowest BCUT2D eigenvalue weighted by molar-refractivity contribution is 0.0892. The number of aliphatic hydroxyl groups excluding tert-OH is 1. The zero-order valence-electron chi connectivity index (χ0n) is 18.3. The van der Waals surface area contributed by atoms with Gasteiger partial charge in [-0.1, -0.05) is 24.3 Å². The summed E-state index contributed by atoms with van der Waals surface area (Å²) in [6.07, 6.45) is 0.236. The summed E-state index contributed by atoms with van der Waals surface area (Å²) >= 11 is 0. The van der Waals surface area contributed by atoms with E-state index < -0.39 is 11.8 Å². The molecule has 1 aromatic heterocycles. The molecule has 35 heavy (non-hydrogen) atoms. The molecule has 0 bridgehead atoms. The van der Waals surface area contributed by atoms with Crippen LogP contribution in [0.25, 0.3) is 27.5 Å². The molecule has 0 unspecified atom stereocenters. The Morgan fingerprint density at radius 1 is 0.829 bits per heavy atom. The normalized spacial score (nSPS) is 13.2. The van der Waals surface area contributed by atoms with Crippen LogP contribution >= 0.6 is 0 Å². The molecule has 2 amide bonds. The Balaban J connectivity index is 1.57. The van der Waals surface area contributed by atoms with E-state index in [-0.39, 0.29) is 30.2 Å². The number of rotatable bonds is 4. The van der Waals surface area contributed by atoms with E-state index in [4.69, 9.17) is 5.73 Å². The van der Waals surface area contributed by atoms with E-state index in [1.165, 1.54) is 10.9 Å². The van der Waals surface area contributed by atoms with Gasteiger partial charge in [0.1, 0.15) is 16.7 Å². The number of imide groups is 1. The Bertz CT molecular complexity index is 1640. The Labute approximate surface area is 198 Å². The van der Waals surface area contributed by atoms with Crippen molar-refractivity contribution in [3.05, 3.63) is 83.4 Å². The number of phenolic OH excluding ortho intramolecular Hbond substituents is 1. The second-order valence-electron chi connectivity index (χ2n) is 8.31. The first-order valence-corrected chi connectivity index (χ1v) is 11.0. The molecule has 0 radical (unpaired) electrons. The first kappa shape index (κ1) is 20.8. The van der Waals surface area contributed by atoms with Crippen molar-refractivity contribution in [3.8, 4) is 11.4 Å². The summed E-state index contributed by atoms with van der Waals surface area (Å²) in [5.74, 6) is -1.50. The molecule has 1 aliphatic heterocycles. The van der Waals surface area contributed by atoms with E-state index in [9.17, 15) is 19.8 Å². The molecule has 0 spiro atoms. The number of aromatic nitrogens is 3. The molecule has 0 fully saturated rings. The number of phenols is 1. The lowest BCUT2D eigenvalue weighted by atomic mass is 9.92. The number of fused-ring (bicyclic) bond motifs is 1. The SMILES string of the molecule is Nc1ccc2c3c(cccc13)C(=O)N(c1cc(CCO)cc(-n3nc4ccccc4n3)c1O)C2=O. The Kier molecular flexibility index (Phi) is 4.55. The van der Waals surface area contributed by atoms with Gasteiger partial charge in [0, 0.05) is 34.2 Å². The number of nitrogens with zero attached hydrogens (tertiary/aromatic N) is 4. The highest BCUT2D eigenvalue weighted by molar-refractivity contribution is 6.36. The smallest absolute Gasteiger partial charge is 0.266 e. The minimum absolute atomic E-state index is 0.0122. The number of carbonyl (C=O) groups excluding carboxylic acids is 2. The maximum atomic E-state index is 13.6. The Morgan fingerprint density at radius 2 is 1.49 bits per heavy atom. The van der Waals surface area contributed by atoms with E-state index in [0.717, 1.165) is 4.90 Å². The number of hydrogen-bond acceptors (Lipinski definition) is 7. The molecular formula is C26H19N5O4. The molecule has 0 saturated carbocycles. The molecular weight excluding hydrogens is 446 g/mol. The Morgan fingerprint density at radius 3 is 2.17 bits per heavy atom. The molecule has 172 valence electrons. The van der Waals surface area contributed by atoms with Gasteiger partial charge >= 0.3 is 0 Å². The van der Waals surface area contributed by atoms with Crippen LogP contribution in [0.4, 0.5) is 11.4 Å². The van der Waals surface area contributed by atoms with E-state index >= 15 is 0 Å². The van der Waals surface area contributed by atoms with E-state index in [0.29, 0.717) is 44.2 Å². The summed E-state index contributed by atoms with van der Waals surface area (Å²) in [7, 11) is 0. The molecule has 4 N–H and O–H groups in total. The molecule has 6 rings (SSSR count). The first-order chi connectivity index (χ1) is 17.0. The summed E-state index contributed by atoms with van der Waals surface area (Å²) < 4.78 is 0. The van der Waals surface area contributed by atoms with Gasteiger partial charge in [0.2, 0.25) is 0 Å². The number of anilines is 2. The summed E-state index contributed by atoms with van der Waals surface area (Å²) in [6.45, 7) is -0.165. The third-order valence-electron chi connectivity index (χ3n) is 6.21. The fraction of sp³-hybridized carbons (Fsp3) is 0.0769. The average molecular weight is 465 g/mol. The molecule has 5 aromatic rings. The number of benzene rings is 4. The second kappa shape index (κ2) is 7.64. The lowest BCUT2D eigenvalue weighted by Gasteiger charge is -2.28. The number of hydrogen-bond donors (Lipinski definition) is 3. The number of aliphatic hydroxyl groups is 1. The van der Waals surface area contributed by atoms with Crippen LogP contribution in [0.1, 0.15) is 26.3 Å². The highest BCUT2D eigenvalue weighted by atomic mass is 16.3. The van der Waals surface area contributed by atoms with E-state index in [1.807, 2.05) is 12.1 Å². The molecule has 9 heteroatoms. The third kappa shape index (κ3) is 3.06. The monoisotopic (exact) mass is 465 g/mol. The van der Waals surface area contributed by atoms with Crippen molar-refractivity contribution in [2.75, 3.05) is 17.2 Å². The number of carbonyl (C=O) groups is 2. The van der Waals surface area contributed by atoms with Crippen LogP contribution in [0, 0.1) is 0 Å². The van der Waals surface area contributed by atoms with Crippen molar-refractivity contribution >= 4 is 45.0 Å².